The van der Waals surface area contributed by atoms with Gasteiger partial charge in [-0.25, -0.2) is 22.7 Å². The van der Waals surface area contributed by atoms with Crippen molar-refractivity contribution in [1.82, 2.24) is 14.9 Å². The van der Waals surface area contributed by atoms with Gasteiger partial charge in [0.2, 0.25) is 15.9 Å². The van der Waals surface area contributed by atoms with Crippen molar-refractivity contribution in [2.24, 2.45) is 0 Å². The lowest BCUT2D eigenvalue weighted by molar-refractivity contribution is 0.377. The number of sulfonamides is 1. The lowest BCUT2D eigenvalue weighted by Crippen LogP contribution is -2.33. The van der Waals surface area contributed by atoms with Gasteiger partial charge in [0.1, 0.15) is 11.9 Å². The second kappa shape index (κ2) is 7.69. The zero-order valence-electron chi connectivity index (χ0n) is 15.6. The number of hydrogen-bond acceptors (Lipinski definition) is 5. The smallest absolute Gasteiger partial charge is 0.391 e. The van der Waals surface area contributed by atoms with E-state index in [9.17, 15) is 17.6 Å². The van der Waals surface area contributed by atoms with Crippen LogP contribution in [0.5, 0.6) is 0 Å². The number of nitrogens with one attached hydrogen (secondary N) is 2. The molecule has 0 radical (unpaired) electrons. The molecule has 3 rings (SSSR count). The first-order chi connectivity index (χ1) is 13.2. The molecule has 0 amide bonds. The maximum absolute atomic E-state index is 14.6. The molecule has 0 spiro atoms. The van der Waals surface area contributed by atoms with Crippen LogP contribution < -0.4 is 10.5 Å². The number of H-pyrrole nitrogens is 1. The van der Waals surface area contributed by atoms with Crippen LogP contribution in [0.2, 0.25) is 0 Å². The molecule has 7 nitrogen and oxygen atoms in total. The third kappa shape index (κ3) is 3.90. The van der Waals surface area contributed by atoms with Gasteiger partial charge in [0.25, 0.3) is 0 Å². The quantitative estimate of drug-likeness (QED) is 0.656. The monoisotopic (exact) mass is 405 g/mol. The summed E-state index contributed by atoms with van der Waals surface area (Å²) < 4.78 is 47.8. The van der Waals surface area contributed by atoms with E-state index in [4.69, 9.17) is 4.42 Å². The van der Waals surface area contributed by atoms with Crippen molar-refractivity contribution in [3.63, 3.8) is 0 Å². The maximum Gasteiger partial charge on any atom is 0.434 e. The van der Waals surface area contributed by atoms with Crippen LogP contribution >= 0.6 is 0 Å². The van der Waals surface area contributed by atoms with E-state index >= 15 is 0 Å². The summed E-state index contributed by atoms with van der Waals surface area (Å²) in [5.74, 6) is -2.17. The number of halogens is 1. The van der Waals surface area contributed by atoms with Gasteiger partial charge in [0, 0.05) is 5.92 Å². The highest BCUT2D eigenvalue weighted by Crippen LogP contribution is 2.35. The average molecular weight is 405 g/mol. The van der Waals surface area contributed by atoms with E-state index < -0.39 is 33.6 Å². The second-order valence-corrected chi connectivity index (χ2v) is 8.27. The molecular formula is C19H20FN3O4S. The molecular weight excluding hydrogens is 385 g/mol. The molecule has 9 heteroatoms. The van der Waals surface area contributed by atoms with Crippen molar-refractivity contribution < 1.29 is 17.2 Å². The molecule has 2 atom stereocenters. The fourth-order valence-electron chi connectivity index (χ4n) is 3.11. The summed E-state index contributed by atoms with van der Waals surface area (Å²) in [5.41, 5.74) is 1.87. The highest BCUT2D eigenvalue weighted by molar-refractivity contribution is 7.89. The fraction of sp³-hybridized carbons (Fsp3) is 0.263. The summed E-state index contributed by atoms with van der Waals surface area (Å²) in [6.07, 6.45) is 0. The van der Waals surface area contributed by atoms with Crippen molar-refractivity contribution in [3.05, 3.63) is 81.4 Å². The van der Waals surface area contributed by atoms with Crippen LogP contribution in [0.25, 0.3) is 0 Å². The van der Waals surface area contributed by atoms with Gasteiger partial charge in [-0.05, 0) is 48.7 Å². The minimum atomic E-state index is -3.98. The van der Waals surface area contributed by atoms with Crippen molar-refractivity contribution in [1.29, 1.82) is 0 Å². The van der Waals surface area contributed by atoms with Crippen LogP contribution in [0.3, 0.4) is 0 Å². The average Bonchev–Trinajstić information content (AvgIpc) is 3.10. The molecule has 0 aliphatic carbocycles. The Bertz CT molecular complexity index is 1140. The Morgan fingerprint density at radius 2 is 1.82 bits per heavy atom. The summed E-state index contributed by atoms with van der Waals surface area (Å²) in [4.78, 5) is 11.5. The van der Waals surface area contributed by atoms with Crippen molar-refractivity contribution in [2.45, 2.75) is 37.6 Å². The Morgan fingerprint density at radius 3 is 2.43 bits per heavy atom. The van der Waals surface area contributed by atoms with Gasteiger partial charge < -0.3 is 4.42 Å². The predicted molar refractivity (Wildman–Crippen MR) is 101 cm³/mol. The molecule has 0 aliphatic heterocycles. The summed E-state index contributed by atoms with van der Waals surface area (Å²) in [5, 5.41) is 5.89. The topological polar surface area (TPSA) is 105 Å². The van der Waals surface area contributed by atoms with Gasteiger partial charge in [-0.2, -0.15) is 4.72 Å². The van der Waals surface area contributed by atoms with Gasteiger partial charge in [-0.3, -0.25) is 0 Å². The fourth-order valence-corrected chi connectivity index (χ4v) is 4.40. The molecule has 2 aromatic carbocycles. The van der Waals surface area contributed by atoms with E-state index in [1.165, 1.54) is 18.2 Å². The van der Waals surface area contributed by atoms with E-state index in [0.29, 0.717) is 11.1 Å². The molecule has 0 aliphatic rings. The highest BCUT2D eigenvalue weighted by Gasteiger charge is 2.33. The van der Waals surface area contributed by atoms with Crippen molar-refractivity contribution in [2.75, 3.05) is 0 Å². The van der Waals surface area contributed by atoms with Gasteiger partial charge in [-0.1, -0.05) is 31.2 Å². The van der Waals surface area contributed by atoms with E-state index in [1.807, 2.05) is 6.92 Å². The van der Waals surface area contributed by atoms with Crippen LogP contribution in [0.4, 0.5) is 4.39 Å². The molecule has 0 bridgehead atoms. The first kappa shape index (κ1) is 20.0. The summed E-state index contributed by atoms with van der Waals surface area (Å²) >= 11 is 0. The molecule has 148 valence electrons. The van der Waals surface area contributed by atoms with Crippen LogP contribution in [0.1, 0.15) is 41.5 Å². The Morgan fingerprint density at radius 1 is 1.14 bits per heavy atom. The normalized spacial score (nSPS) is 14.0. The molecule has 0 unspecified atom stereocenters. The third-order valence-corrected chi connectivity index (χ3v) is 6.20. The van der Waals surface area contributed by atoms with Crippen LogP contribution in [0, 0.1) is 19.7 Å². The van der Waals surface area contributed by atoms with Crippen molar-refractivity contribution in [3.8, 4) is 0 Å². The summed E-state index contributed by atoms with van der Waals surface area (Å²) in [6, 6.07) is 9.62. The molecule has 3 aromatic rings. The second-order valence-electron chi connectivity index (χ2n) is 6.56. The van der Waals surface area contributed by atoms with Gasteiger partial charge in [0.05, 0.1) is 4.90 Å². The zero-order chi connectivity index (χ0) is 20.5. The molecule has 2 N–H and O–H groups in total. The number of rotatable bonds is 6. The number of aryl methyl sites for hydroxylation is 1. The minimum absolute atomic E-state index is 0.0338. The number of benzene rings is 2. The number of nitrogens with zero attached hydrogens (tertiary/aromatic N) is 1. The number of aromatic nitrogens is 2. The standard InChI is InChI=1S/C19H20FN3O4S/c1-11-9-10-15(20)16(12(11)2)13(3)17(18-21-22-19(24)27-18)23-28(25,26)14-7-5-4-6-8-14/h4-10,13,17,23H,1-3H3,(H,22,24)/t13-,17+/m1/s1. The van der Waals surface area contributed by atoms with Crippen LogP contribution in [-0.4, -0.2) is 18.6 Å². The molecule has 28 heavy (non-hydrogen) atoms. The summed E-state index contributed by atoms with van der Waals surface area (Å²) in [6.45, 7) is 5.24. The minimum Gasteiger partial charge on any atom is -0.391 e. The molecule has 0 saturated carbocycles. The van der Waals surface area contributed by atoms with Gasteiger partial charge >= 0.3 is 5.76 Å². The largest absolute Gasteiger partial charge is 0.434 e. The Hall–Kier alpha value is -2.78. The van der Waals surface area contributed by atoms with E-state index in [1.54, 1.807) is 38.1 Å². The van der Waals surface area contributed by atoms with Gasteiger partial charge in [0.15, 0.2) is 0 Å². The van der Waals surface area contributed by atoms with E-state index in [-0.39, 0.29) is 10.8 Å². The summed E-state index contributed by atoms with van der Waals surface area (Å²) in [7, 11) is -3.98. The Labute approximate surface area is 161 Å². The van der Waals surface area contributed by atoms with Crippen LogP contribution in [0.15, 0.2) is 56.6 Å². The Kier molecular flexibility index (Phi) is 5.48. The number of hydrogen-bond donors (Lipinski definition) is 2. The highest BCUT2D eigenvalue weighted by atomic mass is 32.2. The number of aromatic amines is 1. The van der Waals surface area contributed by atoms with Crippen molar-refractivity contribution >= 4 is 10.0 Å². The Balaban J connectivity index is 2.09. The third-order valence-electron chi connectivity index (χ3n) is 4.74. The molecule has 0 fully saturated rings. The zero-order valence-corrected chi connectivity index (χ0v) is 16.4. The van der Waals surface area contributed by atoms with E-state index in [2.05, 4.69) is 14.9 Å². The first-order valence-corrected chi connectivity index (χ1v) is 10.1. The molecule has 1 heterocycles. The van der Waals surface area contributed by atoms with Gasteiger partial charge in [-0.15, -0.1) is 5.10 Å². The molecule has 0 saturated heterocycles. The lowest BCUT2D eigenvalue weighted by Gasteiger charge is -2.25. The molecule has 1 aromatic heterocycles. The lowest BCUT2D eigenvalue weighted by atomic mass is 9.88. The van der Waals surface area contributed by atoms with Crippen LogP contribution in [-0.2, 0) is 10.0 Å². The predicted octanol–water partition coefficient (Wildman–Crippen LogP) is 2.94. The SMILES string of the molecule is Cc1ccc(F)c([C@@H](C)[C@H](NS(=O)(=O)c2ccccc2)c2n[nH]c(=O)o2)c1C. The maximum atomic E-state index is 14.6. The van der Waals surface area contributed by atoms with E-state index in [0.717, 1.165) is 5.56 Å². The first-order valence-electron chi connectivity index (χ1n) is 8.59.